The first kappa shape index (κ1) is 18.9. The summed E-state index contributed by atoms with van der Waals surface area (Å²) in [5, 5.41) is 6.73. The Morgan fingerprint density at radius 2 is 1.74 bits per heavy atom. The lowest BCUT2D eigenvalue weighted by Gasteiger charge is -2.47. The van der Waals surface area contributed by atoms with Crippen LogP contribution in [0.4, 0.5) is 0 Å². The number of carbonyl (C=O) groups is 1. The van der Waals surface area contributed by atoms with Crippen molar-refractivity contribution in [1.29, 1.82) is 0 Å². The Kier molecular flexibility index (Phi) is 5.53. The normalized spacial score (nSPS) is 25.1. The van der Waals surface area contributed by atoms with Crippen molar-refractivity contribution < 1.29 is 4.79 Å². The van der Waals surface area contributed by atoms with E-state index < -0.39 is 0 Å². The Morgan fingerprint density at radius 1 is 1.07 bits per heavy atom. The minimum absolute atomic E-state index is 0.183. The molecule has 0 unspecified atom stereocenters. The van der Waals surface area contributed by atoms with Crippen LogP contribution in [-0.2, 0) is 11.2 Å². The molecule has 3 fully saturated rings. The largest absolute Gasteiger partial charge is 0.354 e. The predicted octanol–water partition coefficient (Wildman–Crippen LogP) is 1.50. The van der Waals surface area contributed by atoms with Gasteiger partial charge in [-0.25, -0.2) is 0 Å². The lowest BCUT2D eigenvalue weighted by Crippen LogP contribution is -2.65. The fourth-order valence-corrected chi connectivity index (χ4v) is 5.13. The van der Waals surface area contributed by atoms with Crippen LogP contribution in [0, 0.1) is 5.41 Å². The lowest BCUT2D eigenvalue weighted by atomic mass is 9.75. The van der Waals surface area contributed by atoms with E-state index in [9.17, 15) is 4.79 Å². The molecule has 0 atom stereocenters. The smallest absolute Gasteiger partial charge is 0.229 e. The number of hydrogen-bond donors (Lipinski definition) is 2. The van der Waals surface area contributed by atoms with Gasteiger partial charge in [-0.05, 0) is 31.9 Å². The quantitative estimate of drug-likeness (QED) is 0.797. The van der Waals surface area contributed by atoms with Gasteiger partial charge in [-0.15, -0.1) is 0 Å². The molecule has 27 heavy (non-hydrogen) atoms. The maximum Gasteiger partial charge on any atom is 0.229 e. The van der Waals surface area contributed by atoms with Gasteiger partial charge in [0.05, 0.1) is 5.41 Å². The Bertz CT molecular complexity index is 629. The number of carbonyl (C=O) groups excluding carboxylic acids is 1. The molecule has 1 aliphatic carbocycles. The molecule has 5 nitrogen and oxygen atoms in total. The number of likely N-dealkylation sites (N-methyl/N-ethyl adjacent to an activating group) is 1. The zero-order valence-corrected chi connectivity index (χ0v) is 16.7. The van der Waals surface area contributed by atoms with Crippen LogP contribution in [0.5, 0.6) is 0 Å². The van der Waals surface area contributed by atoms with Crippen molar-refractivity contribution >= 4 is 5.91 Å². The van der Waals surface area contributed by atoms with Gasteiger partial charge in [0.2, 0.25) is 5.91 Å². The Labute approximate surface area is 163 Å². The molecule has 0 bridgehead atoms. The van der Waals surface area contributed by atoms with Gasteiger partial charge in [0.15, 0.2) is 0 Å². The Morgan fingerprint density at radius 3 is 2.33 bits per heavy atom. The van der Waals surface area contributed by atoms with Crippen LogP contribution in [0.15, 0.2) is 30.3 Å². The molecule has 4 rings (SSSR count). The van der Waals surface area contributed by atoms with E-state index in [0.717, 1.165) is 52.2 Å². The van der Waals surface area contributed by atoms with Crippen LogP contribution in [0.25, 0.3) is 0 Å². The Hall–Kier alpha value is -1.43. The van der Waals surface area contributed by atoms with E-state index in [1.807, 2.05) is 6.07 Å². The summed E-state index contributed by atoms with van der Waals surface area (Å²) >= 11 is 0. The summed E-state index contributed by atoms with van der Waals surface area (Å²) in [6, 6.07) is 10.4. The van der Waals surface area contributed by atoms with Crippen LogP contribution >= 0.6 is 0 Å². The van der Waals surface area contributed by atoms with Crippen molar-refractivity contribution in [2.45, 2.75) is 37.6 Å². The fraction of sp³-hybridized carbons (Fsp3) is 0.682. The summed E-state index contributed by atoms with van der Waals surface area (Å²) < 4.78 is 0. The molecule has 0 radical (unpaired) electrons. The lowest BCUT2D eigenvalue weighted by molar-refractivity contribution is -0.134. The standard InChI is InChI=1S/C22H34N4O/c1-25-11-13-26(14-12-25)22(9-5-6-10-22)18-24-20(27)21(16-23-17-21)15-19-7-3-2-4-8-19/h2-4,7-8,23H,5-6,9-18H2,1H3,(H,24,27). The van der Waals surface area contributed by atoms with E-state index in [-0.39, 0.29) is 16.9 Å². The number of nitrogens with zero attached hydrogens (tertiary/aromatic N) is 2. The molecule has 2 heterocycles. The average molecular weight is 371 g/mol. The second kappa shape index (κ2) is 7.90. The molecule has 5 heteroatoms. The summed E-state index contributed by atoms with van der Waals surface area (Å²) in [6.45, 7) is 6.91. The van der Waals surface area contributed by atoms with Crippen molar-refractivity contribution in [3.05, 3.63) is 35.9 Å². The van der Waals surface area contributed by atoms with Crippen LogP contribution in [-0.4, -0.2) is 74.1 Å². The highest BCUT2D eigenvalue weighted by Crippen LogP contribution is 2.36. The SMILES string of the molecule is CN1CCN(C2(CNC(=O)C3(Cc4ccccc4)CNC3)CCCC2)CC1. The molecule has 0 spiro atoms. The molecule has 2 aliphatic heterocycles. The molecule has 3 aliphatic rings. The summed E-state index contributed by atoms with van der Waals surface area (Å²) in [5.74, 6) is 0.241. The highest BCUT2D eigenvalue weighted by Gasteiger charge is 2.46. The Balaban J connectivity index is 1.40. The number of piperazine rings is 1. The molecule has 2 saturated heterocycles. The maximum atomic E-state index is 13.2. The molecule has 1 saturated carbocycles. The van der Waals surface area contributed by atoms with Gasteiger partial charge in [0.1, 0.15) is 0 Å². The number of nitrogens with one attached hydrogen (secondary N) is 2. The van der Waals surface area contributed by atoms with E-state index in [1.54, 1.807) is 0 Å². The second-order valence-electron chi connectivity index (χ2n) is 8.95. The zero-order chi connectivity index (χ0) is 18.7. The fourth-order valence-electron chi connectivity index (χ4n) is 5.13. The van der Waals surface area contributed by atoms with Crippen molar-refractivity contribution in [3.8, 4) is 0 Å². The number of amides is 1. The summed E-state index contributed by atoms with van der Waals surface area (Å²) in [4.78, 5) is 18.3. The topological polar surface area (TPSA) is 47.6 Å². The van der Waals surface area contributed by atoms with Gasteiger partial charge in [-0.3, -0.25) is 9.69 Å². The summed E-state index contributed by atoms with van der Waals surface area (Å²) in [6.07, 6.45) is 5.86. The summed E-state index contributed by atoms with van der Waals surface area (Å²) in [5.41, 5.74) is 1.16. The molecule has 1 aromatic carbocycles. The third-order valence-electron chi connectivity index (χ3n) is 7.08. The molecular weight excluding hydrogens is 336 g/mol. The predicted molar refractivity (Wildman–Crippen MR) is 109 cm³/mol. The monoisotopic (exact) mass is 370 g/mol. The van der Waals surface area contributed by atoms with Gasteiger partial charge in [0, 0.05) is 51.4 Å². The first-order valence-corrected chi connectivity index (χ1v) is 10.6. The van der Waals surface area contributed by atoms with E-state index in [2.05, 4.69) is 51.7 Å². The first-order valence-electron chi connectivity index (χ1n) is 10.6. The molecule has 1 aromatic rings. The van der Waals surface area contributed by atoms with Crippen molar-refractivity contribution in [2.24, 2.45) is 5.41 Å². The second-order valence-corrected chi connectivity index (χ2v) is 8.95. The molecule has 2 N–H and O–H groups in total. The van der Waals surface area contributed by atoms with Gasteiger partial charge >= 0.3 is 0 Å². The van der Waals surface area contributed by atoms with Crippen LogP contribution in [0.2, 0.25) is 0 Å². The average Bonchev–Trinajstić information content (AvgIpc) is 3.14. The minimum atomic E-state index is -0.275. The number of rotatable bonds is 6. The van der Waals surface area contributed by atoms with E-state index >= 15 is 0 Å². The van der Waals surface area contributed by atoms with E-state index in [0.29, 0.717) is 0 Å². The maximum absolute atomic E-state index is 13.2. The number of benzene rings is 1. The third kappa shape index (κ3) is 3.91. The van der Waals surface area contributed by atoms with Gasteiger partial charge < -0.3 is 15.5 Å². The summed E-state index contributed by atoms with van der Waals surface area (Å²) in [7, 11) is 2.21. The highest BCUT2D eigenvalue weighted by atomic mass is 16.2. The van der Waals surface area contributed by atoms with Crippen LogP contribution in [0.1, 0.15) is 31.2 Å². The highest BCUT2D eigenvalue weighted by molar-refractivity contribution is 5.84. The van der Waals surface area contributed by atoms with Gasteiger partial charge in [0.25, 0.3) is 0 Å². The molecule has 0 aromatic heterocycles. The van der Waals surface area contributed by atoms with Crippen LogP contribution in [0.3, 0.4) is 0 Å². The molecule has 148 valence electrons. The van der Waals surface area contributed by atoms with Gasteiger partial charge in [-0.1, -0.05) is 43.2 Å². The van der Waals surface area contributed by atoms with E-state index in [4.69, 9.17) is 0 Å². The van der Waals surface area contributed by atoms with Crippen molar-refractivity contribution in [2.75, 3.05) is 52.9 Å². The van der Waals surface area contributed by atoms with Gasteiger partial charge in [-0.2, -0.15) is 0 Å². The third-order valence-corrected chi connectivity index (χ3v) is 7.08. The van der Waals surface area contributed by atoms with E-state index in [1.165, 1.54) is 31.2 Å². The van der Waals surface area contributed by atoms with Crippen LogP contribution < -0.4 is 10.6 Å². The van der Waals surface area contributed by atoms with Crippen molar-refractivity contribution in [3.63, 3.8) is 0 Å². The minimum Gasteiger partial charge on any atom is -0.354 e. The molecular formula is C22H34N4O. The molecule has 1 amide bonds. The number of hydrogen-bond acceptors (Lipinski definition) is 4. The van der Waals surface area contributed by atoms with Crippen molar-refractivity contribution in [1.82, 2.24) is 20.4 Å². The first-order chi connectivity index (χ1) is 13.1. The zero-order valence-electron chi connectivity index (χ0n) is 16.7.